The highest BCUT2D eigenvalue weighted by Crippen LogP contribution is 2.18. The van der Waals surface area contributed by atoms with E-state index in [0.29, 0.717) is 5.69 Å². The first-order valence-electron chi connectivity index (χ1n) is 4.45. The number of aromatic amines is 1. The van der Waals surface area contributed by atoms with Gasteiger partial charge >= 0.3 is 5.97 Å². The molecule has 0 atom stereocenters. The molecule has 0 aliphatic rings. The fraction of sp³-hybridized carbons (Fsp3) is 0.0909. The average molecular weight is 202 g/mol. The number of H-pyrrole nitrogens is 1. The summed E-state index contributed by atoms with van der Waals surface area (Å²) >= 11 is 0. The molecule has 2 aromatic rings. The van der Waals surface area contributed by atoms with E-state index in [1.165, 1.54) is 7.11 Å². The zero-order chi connectivity index (χ0) is 10.8. The Hall–Kier alpha value is -2.10. The highest BCUT2D eigenvalue weighted by atomic mass is 16.5. The molecule has 0 bridgehead atoms. The van der Waals surface area contributed by atoms with Crippen molar-refractivity contribution in [2.75, 3.05) is 7.11 Å². The normalized spacial score (nSPS) is 10.2. The van der Waals surface area contributed by atoms with Crippen molar-refractivity contribution >= 4 is 23.1 Å². The van der Waals surface area contributed by atoms with Gasteiger partial charge in [-0.25, -0.2) is 9.78 Å². The fourth-order valence-electron chi connectivity index (χ4n) is 1.44. The molecule has 0 saturated carbocycles. The van der Waals surface area contributed by atoms with Gasteiger partial charge in [-0.3, -0.25) is 0 Å². The molecule has 1 N–H and O–H groups in total. The van der Waals surface area contributed by atoms with Crippen LogP contribution in [-0.2, 0) is 4.74 Å². The van der Waals surface area contributed by atoms with E-state index < -0.39 is 5.97 Å². The van der Waals surface area contributed by atoms with Gasteiger partial charge in [0.25, 0.3) is 0 Å². The fourth-order valence-corrected chi connectivity index (χ4v) is 1.44. The topological polar surface area (TPSA) is 55.0 Å². The summed E-state index contributed by atoms with van der Waals surface area (Å²) in [6, 6.07) is 3.45. The van der Waals surface area contributed by atoms with Gasteiger partial charge in [-0.15, -0.1) is 0 Å². The van der Waals surface area contributed by atoms with Gasteiger partial charge in [0.1, 0.15) is 5.69 Å². The second kappa shape index (κ2) is 3.57. The van der Waals surface area contributed by atoms with Crippen LogP contribution in [0.1, 0.15) is 16.1 Å². The predicted octanol–water partition coefficient (Wildman–Crippen LogP) is 1.99. The van der Waals surface area contributed by atoms with Crippen molar-refractivity contribution in [2.45, 2.75) is 0 Å². The first-order valence-corrected chi connectivity index (χ1v) is 4.45. The van der Waals surface area contributed by atoms with Crippen LogP contribution >= 0.6 is 0 Å². The van der Waals surface area contributed by atoms with E-state index in [1.807, 2.05) is 0 Å². The zero-order valence-corrected chi connectivity index (χ0v) is 8.28. The number of aromatic nitrogens is 2. The maximum atomic E-state index is 11.3. The second-order valence-corrected chi connectivity index (χ2v) is 3.03. The summed E-state index contributed by atoms with van der Waals surface area (Å²) in [4.78, 5) is 18.5. The molecule has 0 unspecified atom stereocenters. The van der Waals surface area contributed by atoms with Gasteiger partial charge in [-0.05, 0) is 12.1 Å². The minimum atomic E-state index is -0.443. The molecule has 0 aliphatic carbocycles. The standard InChI is InChI=1S/C11H10N2O2/c1-3-7-6-9(11(14)15-2)13-8-4-5-12-10(7)8/h3-6,12H,1H2,2H3. The average Bonchev–Trinajstić information content (AvgIpc) is 2.74. The van der Waals surface area contributed by atoms with Crippen LogP contribution in [0, 0.1) is 0 Å². The number of nitrogens with one attached hydrogen (secondary N) is 1. The van der Waals surface area contributed by atoms with Gasteiger partial charge < -0.3 is 9.72 Å². The van der Waals surface area contributed by atoms with E-state index in [0.717, 1.165) is 16.6 Å². The molecule has 15 heavy (non-hydrogen) atoms. The molecular formula is C11H10N2O2. The molecule has 2 heterocycles. The van der Waals surface area contributed by atoms with Crippen LogP contribution in [0.25, 0.3) is 17.1 Å². The van der Waals surface area contributed by atoms with Crippen LogP contribution in [0.4, 0.5) is 0 Å². The monoisotopic (exact) mass is 202 g/mol. The summed E-state index contributed by atoms with van der Waals surface area (Å²) in [6.07, 6.45) is 3.44. The summed E-state index contributed by atoms with van der Waals surface area (Å²) in [6.45, 7) is 3.69. The zero-order valence-electron chi connectivity index (χ0n) is 8.28. The van der Waals surface area contributed by atoms with Crippen LogP contribution in [0.2, 0.25) is 0 Å². The molecule has 0 aliphatic heterocycles. The van der Waals surface area contributed by atoms with Gasteiger partial charge in [0.2, 0.25) is 0 Å². The Morgan fingerprint density at radius 2 is 2.47 bits per heavy atom. The molecule has 0 amide bonds. The maximum absolute atomic E-state index is 11.3. The van der Waals surface area contributed by atoms with Crippen molar-refractivity contribution in [2.24, 2.45) is 0 Å². The third-order valence-corrected chi connectivity index (χ3v) is 2.16. The number of hydrogen-bond acceptors (Lipinski definition) is 3. The lowest BCUT2D eigenvalue weighted by atomic mass is 10.2. The minimum absolute atomic E-state index is 0.291. The lowest BCUT2D eigenvalue weighted by Gasteiger charge is -2.01. The van der Waals surface area contributed by atoms with Crippen LogP contribution in [0.3, 0.4) is 0 Å². The smallest absolute Gasteiger partial charge is 0.356 e. The second-order valence-electron chi connectivity index (χ2n) is 3.03. The van der Waals surface area contributed by atoms with Crippen LogP contribution in [0.15, 0.2) is 24.9 Å². The van der Waals surface area contributed by atoms with Crippen molar-refractivity contribution < 1.29 is 9.53 Å². The molecule has 0 aromatic carbocycles. The SMILES string of the molecule is C=Cc1cc(C(=O)OC)nc2cc[nH]c12. The first-order chi connectivity index (χ1) is 7.26. The molecule has 76 valence electrons. The number of fused-ring (bicyclic) bond motifs is 1. The Morgan fingerprint density at radius 1 is 1.67 bits per heavy atom. The lowest BCUT2D eigenvalue weighted by molar-refractivity contribution is 0.0594. The molecule has 4 nitrogen and oxygen atoms in total. The van der Waals surface area contributed by atoms with Gasteiger partial charge in [0.05, 0.1) is 18.1 Å². The number of pyridine rings is 1. The van der Waals surface area contributed by atoms with E-state index in [2.05, 4.69) is 21.3 Å². The quantitative estimate of drug-likeness (QED) is 0.757. The van der Waals surface area contributed by atoms with Gasteiger partial charge in [0.15, 0.2) is 0 Å². The van der Waals surface area contributed by atoms with Crippen LogP contribution < -0.4 is 0 Å². The molecule has 2 rings (SSSR count). The molecule has 0 fully saturated rings. The van der Waals surface area contributed by atoms with Crippen molar-refractivity contribution in [1.82, 2.24) is 9.97 Å². The van der Waals surface area contributed by atoms with E-state index in [1.54, 1.807) is 24.4 Å². The summed E-state index contributed by atoms with van der Waals surface area (Å²) in [7, 11) is 1.33. The van der Waals surface area contributed by atoms with E-state index in [9.17, 15) is 4.79 Å². The van der Waals surface area contributed by atoms with Crippen LogP contribution in [-0.4, -0.2) is 23.0 Å². The number of esters is 1. The van der Waals surface area contributed by atoms with Gasteiger partial charge in [-0.2, -0.15) is 0 Å². The van der Waals surface area contributed by atoms with Gasteiger partial charge in [0, 0.05) is 11.8 Å². The molecule has 2 aromatic heterocycles. The summed E-state index contributed by atoms with van der Waals surface area (Å²) in [5.74, 6) is -0.443. The first kappa shape index (κ1) is 9.45. The van der Waals surface area contributed by atoms with E-state index >= 15 is 0 Å². The van der Waals surface area contributed by atoms with Crippen LogP contribution in [0.5, 0.6) is 0 Å². The van der Waals surface area contributed by atoms with Crippen molar-refractivity contribution in [3.8, 4) is 0 Å². The number of hydrogen-bond donors (Lipinski definition) is 1. The lowest BCUT2D eigenvalue weighted by Crippen LogP contribution is -2.04. The van der Waals surface area contributed by atoms with Crippen molar-refractivity contribution in [1.29, 1.82) is 0 Å². The number of carbonyl (C=O) groups is 1. The third-order valence-electron chi connectivity index (χ3n) is 2.16. The number of methoxy groups -OCH3 is 1. The molecule has 4 heteroatoms. The Bertz CT molecular complexity index is 528. The summed E-state index contributed by atoms with van der Waals surface area (Å²) in [5, 5.41) is 0. The molecule has 0 spiro atoms. The number of rotatable bonds is 2. The number of carbonyl (C=O) groups excluding carboxylic acids is 1. The Labute approximate surface area is 86.6 Å². The van der Waals surface area contributed by atoms with E-state index in [4.69, 9.17) is 0 Å². The highest BCUT2D eigenvalue weighted by Gasteiger charge is 2.11. The molecule has 0 radical (unpaired) electrons. The maximum Gasteiger partial charge on any atom is 0.356 e. The predicted molar refractivity (Wildman–Crippen MR) is 57.5 cm³/mol. The molecule has 0 saturated heterocycles. The largest absolute Gasteiger partial charge is 0.464 e. The summed E-state index contributed by atoms with van der Waals surface area (Å²) in [5.41, 5.74) is 2.73. The Morgan fingerprint density at radius 3 is 3.13 bits per heavy atom. The number of ether oxygens (including phenoxy) is 1. The molecular weight excluding hydrogens is 192 g/mol. The minimum Gasteiger partial charge on any atom is -0.464 e. The Balaban J connectivity index is 2.68. The van der Waals surface area contributed by atoms with Gasteiger partial charge in [-0.1, -0.05) is 12.7 Å². The summed E-state index contributed by atoms with van der Waals surface area (Å²) < 4.78 is 4.62. The van der Waals surface area contributed by atoms with Crippen molar-refractivity contribution in [3.63, 3.8) is 0 Å². The van der Waals surface area contributed by atoms with E-state index in [-0.39, 0.29) is 0 Å². The third kappa shape index (κ3) is 1.50. The highest BCUT2D eigenvalue weighted by molar-refractivity contribution is 5.93. The van der Waals surface area contributed by atoms with Crippen molar-refractivity contribution in [3.05, 3.63) is 36.2 Å². The Kier molecular flexibility index (Phi) is 2.25. The number of nitrogens with zero attached hydrogens (tertiary/aromatic N) is 1.